The highest BCUT2D eigenvalue weighted by molar-refractivity contribution is 5.51. The Hall–Kier alpha value is -3.51. The first-order valence-electron chi connectivity index (χ1n) is 11.0. The smallest absolute Gasteiger partial charge is 0.136 e. The number of aromatic nitrogens is 3. The zero-order chi connectivity index (χ0) is 21.8. The molecule has 1 aliphatic rings. The average Bonchev–Trinajstić information content (AvgIpc) is 3.32. The van der Waals surface area contributed by atoms with Crippen molar-refractivity contribution in [3.05, 3.63) is 107 Å². The zero-order valence-electron chi connectivity index (χ0n) is 18.3. The Bertz CT molecular complexity index is 1150. The minimum Gasteiger partial charge on any atom is -0.467 e. The minimum absolute atomic E-state index is 0.639. The van der Waals surface area contributed by atoms with E-state index in [1.807, 2.05) is 37.4 Å². The van der Waals surface area contributed by atoms with Crippen LogP contribution in [0, 0.1) is 6.92 Å². The van der Waals surface area contributed by atoms with Gasteiger partial charge in [-0.2, -0.15) is 0 Å². The molecule has 1 aromatic carbocycles. The molecule has 0 spiro atoms. The molecular formula is C26H27N5O. The summed E-state index contributed by atoms with van der Waals surface area (Å²) in [5, 5.41) is 0. The predicted octanol–water partition coefficient (Wildman–Crippen LogP) is 4.54. The molecule has 0 N–H and O–H groups in total. The summed E-state index contributed by atoms with van der Waals surface area (Å²) < 4.78 is 5.67. The number of fused-ring (bicyclic) bond motifs is 1. The molecule has 0 saturated heterocycles. The van der Waals surface area contributed by atoms with Crippen molar-refractivity contribution < 1.29 is 4.42 Å². The largest absolute Gasteiger partial charge is 0.467 e. The van der Waals surface area contributed by atoms with E-state index in [0.717, 1.165) is 54.8 Å². The van der Waals surface area contributed by atoms with Crippen molar-refractivity contribution in [1.29, 1.82) is 0 Å². The Kier molecular flexibility index (Phi) is 5.94. The summed E-state index contributed by atoms with van der Waals surface area (Å²) >= 11 is 0. The number of furan rings is 1. The van der Waals surface area contributed by atoms with Gasteiger partial charge >= 0.3 is 0 Å². The van der Waals surface area contributed by atoms with Crippen LogP contribution in [-0.4, -0.2) is 26.4 Å². The molecule has 0 fully saturated rings. The van der Waals surface area contributed by atoms with Crippen LogP contribution in [0.3, 0.4) is 0 Å². The highest BCUT2D eigenvalue weighted by Crippen LogP contribution is 2.29. The number of hydrogen-bond donors (Lipinski definition) is 0. The molecule has 162 valence electrons. The maximum atomic E-state index is 5.67. The lowest BCUT2D eigenvalue weighted by Gasteiger charge is -2.32. The molecule has 32 heavy (non-hydrogen) atoms. The van der Waals surface area contributed by atoms with E-state index in [-0.39, 0.29) is 0 Å². The molecule has 0 aliphatic carbocycles. The molecule has 5 rings (SSSR count). The fourth-order valence-electron chi connectivity index (χ4n) is 4.31. The summed E-state index contributed by atoms with van der Waals surface area (Å²) in [6, 6.07) is 20.6. The summed E-state index contributed by atoms with van der Waals surface area (Å²) in [6.45, 7) is 6.03. The molecule has 4 heterocycles. The molecule has 1 aliphatic heterocycles. The number of hydrogen-bond acceptors (Lipinski definition) is 6. The van der Waals surface area contributed by atoms with E-state index in [1.165, 1.54) is 11.1 Å². The third kappa shape index (κ3) is 4.70. The van der Waals surface area contributed by atoms with Gasteiger partial charge in [0.05, 0.1) is 30.7 Å². The monoisotopic (exact) mass is 425 g/mol. The molecule has 0 radical (unpaired) electrons. The fraction of sp³-hybridized carbons (Fsp3) is 0.269. The van der Waals surface area contributed by atoms with E-state index in [4.69, 9.17) is 14.4 Å². The van der Waals surface area contributed by atoms with Crippen LogP contribution in [0.25, 0.3) is 0 Å². The summed E-state index contributed by atoms with van der Waals surface area (Å²) in [5.74, 6) is 2.70. The Morgan fingerprint density at radius 1 is 0.969 bits per heavy atom. The number of pyridine rings is 1. The molecule has 0 saturated carbocycles. The topological polar surface area (TPSA) is 58.3 Å². The second-order valence-corrected chi connectivity index (χ2v) is 8.22. The van der Waals surface area contributed by atoms with Gasteiger partial charge in [-0.15, -0.1) is 0 Å². The molecule has 0 unspecified atom stereocenters. The second kappa shape index (κ2) is 9.32. The molecular weight excluding hydrogens is 398 g/mol. The van der Waals surface area contributed by atoms with Crippen LogP contribution in [-0.2, 0) is 32.6 Å². The van der Waals surface area contributed by atoms with E-state index in [2.05, 4.69) is 51.2 Å². The molecule has 4 aromatic rings. The van der Waals surface area contributed by atoms with Crippen LogP contribution >= 0.6 is 0 Å². The van der Waals surface area contributed by atoms with E-state index >= 15 is 0 Å². The van der Waals surface area contributed by atoms with Crippen LogP contribution in [0.1, 0.15) is 34.1 Å². The number of benzene rings is 1. The maximum absolute atomic E-state index is 5.67. The Morgan fingerprint density at radius 3 is 2.62 bits per heavy atom. The first kappa shape index (κ1) is 20.4. The average molecular weight is 426 g/mol. The van der Waals surface area contributed by atoms with Crippen molar-refractivity contribution in [2.75, 3.05) is 11.4 Å². The summed E-state index contributed by atoms with van der Waals surface area (Å²) in [6.07, 6.45) is 4.48. The van der Waals surface area contributed by atoms with Gasteiger partial charge in [0, 0.05) is 31.4 Å². The van der Waals surface area contributed by atoms with E-state index in [1.54, 1.807) is 6.26 Å². The minimum atomic E-state index is 0.639. The predicted molar refractivity (Wildman–Crippen MR) is 124 cm³/mol. The summed E-state index contributed by atoms with van der Waals surface area (Å²) in [5.41, 5.74) is 4.70. The SMILES string of the molecule is Cc1nc2c(c(N(Cc3ccccn3)Cc3ccco3)n1)CCN(Cc1ccccc1)C2. The highest BCUT2D eigenvalue weighted by atomic mass is 16.3. The zero-order valence-corrected chi connectivity index (χ0v) is 18.3. The third-order valence-electron chi connectivity index (χ3n) is 5.79. The number of anilines is 1. The van der Waals surface area contributed by atoms with Gasteiger partial charge in [0.25, 0.3) is 0 Å². The molecule has 0 bridgehead atoms. The molecule has 3 aromatic heterocycles. The second-order valence-electron chi connectivity index (χ2n) is 8.22. The van der Waals surface area contributed by atoms with Gasteiger partial charge in [-0.05, 0) is 43.2 Å². The van der Waals surface area contributed by atoms with E-state index in [9.17, 15) is 0 Å². The van der Waals surface area contributed by atoms with Crippen molar-refractivity contribution in [2.45, 2.75) is 39.5 Å². The Labute approximate surface area is 188 Å². The fourth-order valence-corrected chi connectivity index (χ4v) is 4.31. The van der Waals surface area contributed by atoms with E-state index in [0.29, 0.717) is 13.1 Å². The van der Waals surface area contributed by atoms with Gasteiger partial charge in [-0.25, -0.2) is 9.97 Å². The summed E-state index contributed by atoms with van der Waals surface area (Å²) in [4.78, 5) is 19.0. The van der Waals surface area contributed by atoms with Gasteiger partial charge in [-0.1, -0.05) is 36.4 Å². The molecule has 6 nitrogen and oxygen atoms in total. The summed E-state index contributed by atoms with van der Waals surface area (Å²) in [7, 11) is 0. The number of aryl methyl sites for hydroxylation is 1. The van der Waals surface area contributed by atoms with Gasteiger partial charge in [-0.3, -0.25) is 9.88 Å². The Morgan fingerprint density at radius 2 is 1.84 bits per heavy atom. The Balaban J connectivity index is 1.44. The van der Waals surface area contributed by atoms with Crippen molar-refractivity contribution in [1.82, 2.24) is 19.9 Å². The number of rotatable bonds is 7. The number of nitrogens with zero attached hydrogens (tertiary/aromatic N) is 5. The van der Waals surface area contributed by atoms with Crippen molar-refractivity contribution in [2.24, 2.45) is 0 Å². The highest BCUT2D eigenvalue weighted by Gasteiger charge is 2.25. The lowest BCUT2D eigenvalue weighted by molar-refractivity contribution is 0.241. The molecule has 0 amide bonds. The van der Waals surface area contributed by atoms with Crippen LogP contribution in [0.4, 0.5) is 5.82 Å². The van der Waals surface area contributed by atoms with Gasteiger partial charge < -0.3 is 9.32 Å². The van der Waals surface area contributed by atoms with Crippen LogP contribution in [0.5, 0.6) is 0 Å². The lowest BCUT2D eigenvalue weighted by Crippen LogP contribution is -2.34. The maximum Gasteiger partial charge on any atom is 0.136 e. The first-order valence-corrected chi connectivity index (χ1v) is 11.0. The quantitative estimate of drug-likeness (QED) is 0.433. The van der Waals surface area contributed by atoms with Crippen LogP contribution in [0.2, 0.25) is 0 Å². The normalized spacial score (nSPS) is 13.7. The van der Waals surface area contributed by atoms with Crippen LogP contribution < -0.4 is 4.90 Å². The van der Waals surface area contributed by atoms with Gasteiger partial charge in [0.15, 0.2) is 0 Å². The van der Waals surface area contributed by atoms with E-state index < -0.39 is 0 Å². The van der Waals surface area contributed by atoms with Crippen LogP contribution in [0.15, 0.2) is 77.5 Å². The van der Waals surface area contributed by atoms with Crippen molar-refractivity contribution >= 4 is 5.82 Å². The standard InChI is InChI=1S/C26H27N5O/c1-20-28-25-19-30(16-21-8-3-2-4-9-21)14-12-24(25)26(29-20)31(18-23-11-7-15-32-23)17-22-10-5-6-13-27-22/h2-11,13,15H,12,14,16-19H2,1H3. The van der Waals surface area contributed by atoms with Crippen molar-refractivity contribution in [3.63, 3.8) is 0 Å². The lowest BCUT2D eigenvalue weighted by atomic mass is 10.0. The molecule has 6 heteroatoms. The third-order valence-corrected chi connectivity index (χ3v) is 5.79. The van der Waals surface area contributed by atoms with Crippen molar-refractivity contribution in [3.8, 4) is 0 Å². The van der Waals surface area contributed by atoms with Gasteiger partial charge in [0.1, 0.15) is 17.4 Å². The van der Waals surface area contributed by atoms with Gasteiger partial charge in [0.2, 0.25) is 0 Å². The molecule has 0 atom stereocenters. The first-order chi connectivity index (χ1) is 15.7.